The quantitative estimate of drug-likeness (QED) is 0.761. The molecule has 1 atom stereocenters. The highest BCUT2D eigenvalue weighted by molar-refractivity contribution is 7.11. The van der Waals surface area contributed by atoms with Gasteiger partial charge in [0.15, 0.2) is 0 Å². The third-order valence-electron chi connectivity index (χ3n) is 2.58. The van der Waals surface area contributed by atoms with Crippen LogP contribution >= 0.6 is 11.3 Å². The van der Waals surface area contributed by atoms with Crippen LogP contribution in [0.5, 0.6) is 5.19 Å². The third kappa shape index (κ3) is 5.89. The summed E-state index contributed by atoms with van der Waals surface area (Å²) in [6.45, 7) is 0.904. The van der Waals surface area contributed by atoms with Crippen molar-refractivity contribution in [1.29, 1.82) is 0 Å². The van der Waals surface area contributed by atoms with Crippen molar-refractivity contribution in [2.75, 3.05) is 41.4 Å². The highest BCUT2D eigenvalue weighted by atomic mass is 32.1. The monoisotopic (exact) mass is 287 g/mol. The molecule has 0 radical (unpaired) electrons. The summed E-state index contributed by atoms with van der Waals surface area (Å²) in [6, 6.07) is 0.180. The van der Waals surface area contributed by atoms with Crippen LogP contribution in [-0.4, -0.2) is 68.3 Å². The fourth-order valence-corrected chi connectivity index (χ4v) is 1.85. The van der Waals surface area contributed by atoms with Crippen molar-refractivity contribution in [3.8, 4) is 5.19 Å². The van der Waals surface area contributed by atoms with E-state index in [1.165, 1.54) is 16.2 Å². The first-order valence-corrected chi connectivity index (χ1v) is 6.91. The number of ether oxygens (including phenoxy) is 2. The molecule has 0 aliphatic rings. The Morgan fingerprint density at radius 1 is 1.42 bits per heavy atom. The average molecular weight is 287 g/mol. The van der Waals surface area contributed by atoms with Crippen LogP contribution in [-0.2, 0) is 4.74 Å². The van der Waals surface area contributed by atoms with Crippen LogP contribution in [0.2, 0.25) is 0 Å². The van der Waals surface area contributed by atoms with Gasteiger partial charge in [-0.3, -0.25) is 0 Å². The molecule has 0 aromatic carbocycles. The van der Waals surface area contributed by atoms with Crippen LogP contribution in [0.3, 0.4) is 0 Å². The molecule has 1 amide bonds. The van der Waals surface area contributed by atoms with Gasteiger partial charge in [0.05, 0.1) is 6.61 Å². The molecular weight excluding hydrogens is 266 g/mol. The maximum atomic E-state index is 11.3. The molecule has 7 heteroatoms. The van der Waals surface area contributed by atoms with Crippen molar-refractivity contribution in [3.63, 3.8) is 0 Å². The normalized spacial score (nSPS) is 12.3. The third-order valence-corrected chi connectivity index (χ3v) is 3.26. The molecule has 0 N–H and O–H groups in total. The Hall–Kier alpha value is -1.34. The van der Waals surface area contributed by atoms with Crippen LogP contribution in [0.25, 0.3) is 0 Å². The zero-order chi connectivity index (χ0) is 14.3. The maximum Gasteiger partial charge on any atom is 0.409 e. The molecule has 19 heavy (non-hydrogen) atoms. The van der Waals surface area contributed by atoms with E-state index in [2.05, 4.69) is 9.88 Å². The Morgan fingerprint density at radius 3 is 2.68 bits per heavy atom. The van der Waals surface area contributed by atoms with Gasteiger partial charge in [0.2, 0.25) is 0 Å². The van der Waals surface area contributed by atoms with E-state index in [9.17, 15) is 4.79 Å². The van der Waals surface area contributed by atoms with E-state index >= 15 is 0 Å². The summed E-state index contributed by atoms with van der Waals surface area (Å²) < 4.78 is 10.7. The molecule has 108 valence electrons. The molecule has 0 fully saturated rings. The summed E-state index contributed by atoms with van der Waals surface area (Å²) in [5, 5.41) is 2.54. The number of amides is 1. The topological polar surface area (TPSA) is 54.9 Å². The highest BCUT2D eigenvalue weighted by Gasteiger charge is 2.14. The first-order chi connectivity index (χ1) is 9.00. The van der Waals surface area contributed by atoms with Gasteiger partial charge < -0.3 is 19.3 Å². The number of nitrogens with zero attached hydrogens (tertiary/aromatic N) is 3. The van der Waals surface area contributed by atoms with Gasteiger partial charge in [-0.15, -0.1) is 0 Å². The summed E-state index contributed by atoms with van der Waals surface area (Å²) in [4.78, 5) is 18.8. The number of aromatic nitrogens is 1. The Morgan fingerprint density at radius 2 is 2.16 bits per heavy atom. The molecule has 0 saturated heterocycles. The Labute approximate surface area is 117 Å². The standard InChI is InChI=1S/C12H21N3O3S/c1-14(2)10(5-7-17-12(16)15(3)4)9-18-11-13-6-8-19-11/h6,8,10H,5,7,9H2,1-4H3. The molecule has 1 unspecified atom stereocenters. The van der Waals surface area contributed by atoms with Gasteiger partial charge in [-0.05, 0) is 14.1 Å². The Bertz CT molecular complexity index is 368. The first kappa shape index (κ1) is 15.7. The van der Waals surface area contributed by atoms with Crippen LogP contribution in [0.1, 0.15) is 6.42 Å². The Kier molecular flexibility index (Phi) is 6.58. The van der Waals surface area contributed by atoms with Gasteiger partial charge >= 0.3 is 6.09 Å². The predicted molar refractivity (Wildman–Crippen MR) is 74.7 cm³/mol. The minimum atomic E-state index is -0.321. The van der Waals surface area contributed by atoms with Crippen molar-refractivity contribution in [1.82, 2.24) is 14.8 Å². The van der Waals surface area contributed by atoms with Gasteiger partial charge in [0.1, 0.15) is 6.61 Å². The van der Waals surface area contributed by atoms with E-state index in [-0.39, 0.29) is 12.1 Å². The number of thiazole rings is 1. The van der Waals surface area contributed by atoms with Gasteiger partial charge in [0.25, 0.3) is 5.19 Å². The van der Waals surface area contributed by atoms with Gasteiger partial charge in [-0.25, -0.2) is 9.78 Å². The molecular formula is C12H21N3O3S. The minimum absolute atomic E-state index is 0.180. The fraction of sp³-hybridized carbons (Fsp3) is 0.667. The number of rotatable bonds is 7. The van der Waals surface area contributed by atoms with Crippen molar-refractivity contribution in [2.24, 2.45) is 0 Å². The molecule has 6 nitrogen and oxygen atoms in total. The number of likely N-dealkylation sites (N-methyl/N-ethyl adjacent to an activating group) is 1. The predicted octanol–water partition coefficient (Wildman–Crippen LogP) is 1.54. The summed E-state index contributed by atoms with van der Waals surface area (Å²) >= 11 is 1.47. The zero-order valence-electron chi connectivity index (χ0n) is 11.8. The molecule has 0 aliphatic heterocycles. The van der Waals surface area contributed by atoms with Gasteiger partial charge in [-0.1, -0.05) is 11.3 Å². The van der Waals surface area contributed by atoms with Crippen molar-refractivity contribution in [3.05, 3.63) is 11.6 Å². The van der Waals surface area contributed by atoms with Crippen LogP contribution in [0.15, 0.2) is 11.6 Å². The molecule has 0 aliphatic carbocycles. The highest BCUT2D eigenvalue weighted by Crippen LogP contribution is 2.14. The van der Waals surface area contributed by atoms with E-state index in [1.807, 2.05) is 19.5 Å². The minimum Gasteiger partial charge on any atom is -0.468 e. The Balaban J connectivity index is 2.30. The average Bonchev–Trinajstić information content (AvgIpc) is 2.85. The lowest BCUT2D eigenvalue weighted by molar-refractivity contribution is 0.0977. The fourth-order valence-electron chi connectivity index (χ4n) is 1.35. The van der Waals surface area contributed by atoms with Crippen molar-refractivity contribution in [2.45, 2.75) is 12.5 Å². The van der Waals surface area contributed by atoms with Crippen molar-refractivity contribution < 1.29 is 14.3 Å². The first-order valence-electron chi connectivity index (χ1n) is 6.03. The summed E-state index contributed by atoms with van der Waals surface area (Å²) in [6.07, 6.45) is 2.11. The van der Waals surface area contributed by atoms with E-state index < -0.39 is 0 Å². The van der Waals surface area contributed by atoms with Crippen molar-refractivity contribution >= 4 is 17.4 Å². The van der Waals surface area contributed by atoms with E-state index in [1.54, 1.807) is 20.3 Å². The molecule has 0 bridgehead atoms. The smallest absolute Gasteiger partial charge is 0.409 e. The summed E-state index contributed by atoms with van der Waals surface area (Å²) in [5.41, 5.74) is 0. The summed E-state index contributed by atoms with van der Waals surface area (Å²) in [7, 11) is 7.28. The lowest BCUT2D eigenvalue weighted by atomic mass is 10.2. The lowest BCUT2D eigenvalue weighted by Crippen LogP contribution is -2.35. The number of carbonyl (C=O) groups is 1. The maximum absolute atomic E-state index is 11.3. The number of hydrogen-bond acceptors (Lipinski definition) is 6. The van der Waals surface area contributed by atoms with E-state index in [0.29, 0.717) is 18.4 Å². The number of carbonyl (C=O) groups excluding carboxylic acids is 1. The second kappa shape index (κ2) is 7.96. The van der Waals surface area contributed by atoms with Gasteiger partial charge in [-0.2, -0.15) is 0 Å². The van der Waals surface area contributed by atoms with E-state index in [4.69, 9.17) is 9.47 Å². The second-order valence-electron chi connectivity index (χ2n) is 4.52. The molecule has 1 aromatic rings. The van der Waals surface area contributed by atoms with Crippen LogP contribution < -0.4 is 4.74 Å². The number of hydrogen-bond donors (Lipinski definition) is 0. The van der Waals surface area contributed by atoms with Gasteiger partial charge in [0, 0.05) is 38.1 Å². The molecule has 1 heterocycles. The molecule has 0 saturated carbocycles. The van der Waals surface area contributed by atoms with Crippen LogP contribution in [0.4, 0.5) is 4.79 Å². The summed E-state index contributed by atoms with van der Waals surface area (Å²) in [5.74, 6) is 0. The lowest BCUT2D eigenvalue weighted by Gasteiger charge is -2.23. The SMILES string of the molecule is CN(C)C(=O)OCCC(COc1nccs1)N(C)C. The zero-order valence-corrected chi connectivity index (χ0v) is 12.6. The molecule has 1 rings (SSSR count). The molecule has 1 aromatic heterocycles. The largest absolute Gasteiger partial charge is 0.468 e. The van der Waals surface area contributed by atoms with E-state index in [0.717, 1.165) is 6.42 Å². The molecule has 0 spiro atoms. The van der Waals surface area contributed by atoms with Crippen LogP contribution in [0, 0.1) is 0 Å². The second-order valence-corrected chi connectivity index (χ2v) is 5.38.